The predicted molar refractivity (Wildman–Crippen MR) is 60.9 cm³/mol. The molecule has 0 aromatic heterocycles. The van der Waals surface area contributed by atoms with Gasteiger partial charge in [-0.1, -0.05) is 0 Å². The van der Waals surface area contributed by atoms with Crippen LogP contribution in [0.25, 0.3) is 0 Å². The highest BCUT2D eigenvalue weighted by atomic mass is 16.7. The van der Waals surface area contributed by atoms with E-state index in [9.17, 15) is 15.2 Å². The van der Waals surface area contributed by atoms with Crippen molar-refractivity contribution in [3.8, 4) is 5.75 Å². The third-order valence-corrected chi connectivity index (χ3v) is 2.16. The van der Waals surface area contributed by atoms with Crippen molar-refractivity contribution in [2.75, 3.05) is 13.4 Å². The Balaban J connectivity index is 2.92. The van der Waals surface area contributed by atoms with E-state index in [2.05, 4.69) is 0 Å². The van der Waals surface area contributed by atoms with Gasteiger partial charge in [0.05, 0.1) is 11.0 Å². The van der Waals surface area contributed by atoms with E-state index in [1.807, 2.05) is 6.92 Å². The molecule has 0 fully saturated rings. The van der Waals surface area contributed by atoms with Crippen LogP contribution in [0.1, 0.15) is 25.5 Å². The summed E-state index contributed by atoms with van der Waals surface area (Å²) in [5.41, 5.74) is 0.295. The average Bonchev–Trinajstić information content (AvgIpc) is 2.29. The lowest BCUT2D eigenvalue weighted by atomic mass is 10.1. The summed E-state index contributed by atoms with van der Waals surface area (Å²) in [4.78, 5) is 10.1. The highest BCUT2D eigenvalue weighted by Crippen LogP contribution is 2.29. The van der Waals surface area contributed by atoms with E-state index in [1.54, 1.807) is 0 Å². The van der Waals surface area contributed by atoms with Gasteiger partial charge in [0.1, 0.15) is 5.75 Å². The van der Waals surface area contributed by atoms with Gasteiger partial charge in [0.2, 0.25) is 0 Å². The summed E-state index contributed by atoms with van der Waals surface area (Å²) in [6.07, 6.45) is -0.841. The number of aliphatic hydroxyl groups excluding tert-OH is 1. The predicted octanol–water partition coefficient (Wildman–Crippen LogP) is 2.02. The molecule has 1 aromatic carbocycles. The molecule has 0 aliphatic rings. The minimum atomic E-state index is -0.841. The molecular formula is C11H15NO5. The Morgan fingerprint density at radius 3 is 2.76 bits per heavy atom. The first-order valence-corrected chi connectivity index (χ1v) is 5.23. The van der Waals surface area contributed by atoms with Crippen LogP contribution in [0.3, 0.4) is 0 Å². The van der Waals surface area contributed by atoms with Crippen LogP contribution in [-0.4, -0.2) is 23.4 Å². The number of benzene rings is 1. The monoisotopic (exact) mass is 241 g/mol. The number of non-ortho nitro benzene ring substituents is 1. The third-order valence-electron chi connectivity index (χ3n) is 2.16. The molecule has 0 bridgehead atoms. The van der Waals surface area contributed by atoms with Crippen molar-refractivity contribution in [2.24, 2.45) is 0 Å². The zero-order chi connectivity index (χ0) is 12.8. The summed E-state index contributed by atoms with van der Waals surface area (Å²) in [5.74, 6) is 0.388. The molecule has 0 saturated carbocycles. The van der Waals surface area contributed by atoms with Gasteiger partial charge >= 0.3 is 0 Å². The van der Waals surface area contributed by atoms with Crippen molar-refractivity contribution >= 4 is 5.69 Å². The Kier molecular flexibility index (Phi) is 4.86. The molecule has 1 unspecified atom stereocenters. The van der Waals surface area contributed by atoms with Crippen LogP contribution in [0.4, 0.5) is 5.69 Å². The quantitative estimate of drug-likeness (QED) is 0.356. The van der Waals surface area contributed by atoms with Crippen molar-refractivity contribution in [1.82, 2.24) is 0 Å². The first-order chi connectivity index (χ1) is 8.06. The molecule has 1 rings (SSSR count). The number of nitro groups is 1. The van der Waals surface area contributed by atoms with Crippen molar-refractivity contribution in [3.63, 3.8) is 0 Å². The molecule has 0 spiro atoms. The largest absolute Gasteiger partial charge is 0.467 e. The van der Waals surface area contributed by atoms with Crippen LogP contribution in [0.2, 0.25) is 0 Å². The Bertz CT molecular complexity index is 391. The van der Waals surface area contributed by atoms with Gasteiger partial charge in [0.25, 0.3) is 5.69 Å². The van der Waals surface area contributed by atoms with E-state index in [0.29, 0.717) is 17.9 Å². The molecule has 94 valence electrons. The van der Waals surface area contributed by atoms with Gasteiger partial charge in [-0.25, -0.2) is 0 Å². The van der Waals surface area contributed by atoms with E-state index >= 15 is 0 Å². The average molecular weight is 241 g/mol. The van der Waals surface area contributed by atoms with Crippen molar-refractivity contribution in [2.45, 2.75) is 20.0 Å². The summed E-state index contributed by atoms with van der Waals surface area (Å²) >= 11 is 0. The SMILES string of the molecule is CCOCOc1ccc([N+](=O)[O-])cc1C(C)O. The molecule has 0 amide bonds. The second kappa shape index (κ2) is 6.17. The van der Waals surface area contributed by atoms with Gasteiger partial charge in [-0.05, 0) is 19.9 Å². The summed E-state index contributed by atoms with van der Waals surface area (Å²) in [5, 5.41) is 20.1. The molecule has 0 heterocycles. The van der Waals surface area contributed by atoms with Gasteiger partial charge in [0, 0.05) is 24.3 Å². The maximum absolute atomic E-state index is 10.6. The molecule has 0 aliphatic carbocycles. The lowest BCUT2D eigenvalue weighted by Crippen LogP contribution is -2.06. The Hall–Kier alpha value is -1.66. The number of rotatable bonds is 6. The molecule has 1 N–H and O–H groups in total. The highest BCUT2D eigenvalue weighted by molar-refractivity contribution is 5.44. The van der Waals surface area contributed by atoms with E-state index in [0.717, 1.165) is 0 Å². The van der Waals surface area contributed by atoms with Gasteiger partial charge in [-0.2, -0.15) is 0 Å². The van der Waals surface area contributed by atoms with Gasteiger partial charge < -0.3 is 14.6 Å². The molecule has 6 heteroatoms. The topological polar surface area (TPSA) is 81.8 Å². The number of hydrogen-bond acceptors (Lipinski definition) is 5. The number of nitrogens with zero attached hydrogens (tertiary/aromatic N) is 1. The smallest absolute Gasteiger partial charge is 0.270 e. The summed E-state index contributed by atoms with van der Waals surface area (Å²) in [6, 6.07) is 4.08. The fraction of sp³-hybridized carbons (Fsp3) is 0.455. The summed E-state index contributed by atoms with van der Waals surface area (Å²) in [7, 11) is 0. The lowest BCUT2D eigenvalue weighted by Gasteiger charge is -2.12. The first-order valence-electron chi connectivity index (χ1n) is 5.23. The third kappa shape index (κ3) is 3.69. The standard InChI is InChI=1S/C11H15NO5/c1-3-16-7-17-11-5-4-9(12(14)15)6-10(11)8(2)13/h4-6,8,13H,3,7H2,1-2H3. The zero-order valence-corrected chi connectivity index (χ0v) is 9.75. The van der Waals surface area contributed by atoms with Gasteiger partial charge in [-0.3, -0.25) is 10.1 Å². The number of hydrogen-bond donors (Lipinski definition) is 1. The molecule has 6 nitrogen and oxygen atoms in total. The minimum Gasteiger partial charge on any atom is -0.467 e. The maximum atomic E-state index is 10.6. The van der Waals surface area contributed by atoms with E-state index in [4.69, 9.17) is 9.47 Å². The molecule has 17 heavy (non-hydrogen) atoms. The van der Waals surface area contributed by atoms with E-state index in [-0.39, 0.29) is 12.5 Å². The van der Waals surface area contributed by atoms with E-state index in [1.165, 1.54) is 25.1 Å². The summed E-state index contributed by atoms with van der Waals surface area (Å²) in [6.45, 7) is 3.91. The number of nitro benzene ring substituents is 1. The van der Waals surface area contributed by atoms with Crippen LogP contribution < -0.4 is 4.74 Å². The fourth-order valence-corrected chi connectivity index (χ4v) is 1.30. The summed E-state index contributed by atoms with van der Waals surface area (Å²) < 4.78 is 10.3. The molecule has 0 radical (unpaired) electrons. The second-order valence-electron chi connectivity index (χ2n) is 3.41. The molecular weight excluding hydrogens is 226 g/mol. The van der Waals surface area contributed by atoms with Crippen LogP contribution in [0, 0.1) is 10.1 Å². The Morgan fingerprint density at radius 2 is 2.24 bits per heavy atom. The van der Waals surface area contributed by atoms with Crippen LogP contribution in [0.15, 0.2) is 18.2 Å². The van der Waals surface area contributed by atoms with Gasteiger partial charge in [-0.15, -0.1) is 0 Å². The minimum absolute atomic E-state index is 0.0496. The Morgan fingerprint density at radius 1 is 1.53 bits per heavy atom. The van der Waals surface area contributed by atoms with Gasteiger partial charge in [0.15, 0.2) is 6.79 Å². The second-order valence-corrected chi connectivity index (χ2v) is 3.41. The first kappa shape index (κ1) is 13.4. The van der Waals surface area contributed by atoms with Crippen LogP contribution >= 0.6 is 0 Å². The van der Waals surface area contributed by atoms with Crippen LogP contribution in [-0.2, 0) is 4.74 Å². The van der Waals surface area contributed by atoms with Crippen molar-refractivity contribution in [3.05, 3.63) is 33.9 Å². The normalized spacial score (nSPS) is 12.2. The Labute approximate surface area is 98.9 Å². The van der Waals surface area contributed by atoms with Crippen molar-refractivity contribution < 1.29 is 19.5 Å². The maximum Gasteiger partial charge on any atom is 0.270 e. The van der Waals surface area contributed by atoms with E-state index < -0.39 is 11.0 Å². The zero-order valence-electron chi connectivity index (χ0n) is 9.75. The number of ether oxygens (including phenoxy) is 2. The lowest BCUT2D eigenvalue weighted by molar-refractivity contribution is -0.385. The van der Waals surface area contributed by atoms with Crippen LogP contribution in [0.5, 0.6) is 5.75 Å². The molecule has 0 saturated heterocycles. The highest BCUT2D eigenvalue weighted by Gasteiger charge is 2.15. The molecule has 1 atom stereocenters. The number of aliphatic hydroxyl groups is 1. The molecule has 0 aliphatic heterocycles. The van der Waals surface area contributed by atoms with Crippen molar-refractivity contribution in [1.29, 1.82) is 0 Å². The molecule has 1 aromatic rings. The fourth-order valence-electron chi connectivity index (χ4n) is 1.30.